The highest BCUT2D eigenvalue weighted by molar-refractivity contribution is 6.35. The average Bonchev–Trinajstić information content (AvgIpc) is 3.34. The number of rotatable bonds is 10. The van der Waals surface area contributed by atoms with Gasteiger partial charge in [0.2, 0.25) is 0 Å². The van der Waals surface area contributed by atoms with E-state index in [1.165, 1.54) is 0 Å². The molecule has 0 unspecified atom stereocenters. The third-order valence-corrected chi connectivity index (χ3v) is 6.23. The number of carbonyl (C=O) groups excluding carboxylic acids is 1. The number of benzene rings is 2. The Morgan fingerprint density at radius 2 is 1.94 bits per heavy atom. The smallest absolute Gasteiger partial charge is 0.323 e. The van der Waals surface area contributed by atoms with Gasteiger partial charge < -0.3 is 19.5 Å². The van der Waals surface area contributed by atoms with Gasteiger partial charge in [-0.15, -0.1) is 0 Å². The van der Waals surface area contributed by atoms with Crippen LogP contribution in [0.3, 0.4) is 0 Å². The summed E-state index contributed by atoms with van der Waals surface area (Å²) in [5.74, 6) is 0.908. The Balaban J connectivity index is 1.42. The number of ether oxygens (including phenoxy) is 3. The monoisotopic (exact) mass is 468 g/mol. The third kappa shape index (κ3) is 6.15. The number of nitrogens with one attached hydrogen (secondary N) is 1. The first-order chi connectivity index (χ1) is 16.1. The second-order valence-electron chi connectivity index (χ2n) is 8.21. The molecular weight excluding hydrogens is 440 g/mol. The van der Waals surface area contributed by atoms with Gasteiger partial charge in [-0.05, 0) is 43.4 Å². The first kappa shape index (κ1) is 23.3. The molecule has 1 atom stereocenters. The van der Waals surface area contributed by atoms with Crippen LogP contribution in [0.15, 0.2) is 54.7 Å². The number of aromatic nitrogens is 1. The maximum atomic E-state index is 12.9. The zero-order chi connectivity index (χ0) is 23.0. The Labute approximate surface area is 199 Å². The molecule has 174 valence electrons. The molecule has 0 aliphatic heterocycles. The van der Waals surface area contributed by atoms with Gasteiger partial charge >= 0.3 is 5.97 Å². The third-order valence-electron chi connectivity index (χ3n) is 5.90. The van der Waals surface area contributed by atoms with Gasteiger partial charge in [0.15, 0.2) is 11.5 Å². The van der Waals surface area contributed by atoms with Crippen LogP contribution < -0.4 is 14.8 Å². The van der Waals surface area contributed by atoms with Crippen molar-refractivity contribution in [1.29, 1.82) is 0 Å². The van der Waals surface area contributed by atoms with Crippen molar-refractivity contribution in [2.75, 3.05) is 13.7 Å². The van der Waals surface area contributed by atoms with E-state index < -0.39 is 6.04 Å². The lowest BCUT2D eigenvalue weighted by Gasteiger charge is -2.21. The van der Waals surface area contributed by atoms with Crippen LogP contribution in [-0.2, 0) is 16.1 Å². The molecule has 6 nitrogen and oxygen atoms in total. The van der Waals surface area contributed by atoms with Crippen molar-refractivity contribution < 1.29 is 19.0 Å². The molecular formula is C26H29ClN2O4. The van der Waals surface area contributed by atoms with Gasteiger partial charge in [-0.1, -0.05) is 41.9 Å². The molecule has 1 saturated carbocycles. The van der Waals surface area contributed by atoms with E-state index in [1.54, 1.807) is 19.4 Å². The minimum Gasteiger partial charge on any atom is -0.493 e. The lowest BCUT2D eigenvalue weighted by atomic mass is 10.1. The molecule has 1 N–H and O–H groups in total. The summed E-state index contributed by atoms with van der Waals surface area (Å²) in [6.45, 7) is 0.891. The lowest BCUT2D eigenvalue weighted by Crippen LogP contribution is -2.40. The van der Waals surface area contributed by atoms with E-state index in [-0.39, 0.29) is 12.1 Å². The topological polar surface area (TPSA) is 69.7 Å². The molecule has 0 saturated heterocycles. The van der Waals surface area contributed by atoms with Crippen molar-refractivity contribution in [3.05, 3.63) is 65.3 Å². The Bertz CT molecular complexity index is 1070. The summed E-state index contributed by atoms with van der Waals surface area (Å²) in [6, 6.07) is 14.9. The largest absolute Gasteiger partial charge is 0.493 e. The molecule has 3 aromatic rings. The van der Waals surface area contributed by atoms with Gasteiger partial charge in [0.05, 0.1) is 24.3 Å². The molecule has 1 heterocycles. The minimum atomic E-state index is -0.468. The molecule has 7 heteroatoms. The van der Waals surface area contributed by atoms with Gasteiger partial charge in [0.25, 0.3) is 0 Å². The lowest BCUT2D eigenvalue weighted by molar-refractivity contribution is -0.151. The first-order valence-electron chi connectivity index (χ1n) is 11.4. The zero-order valence-electron chi connectivity index (χ0n) is 18.8. The number of pyridine rings is 1. The predicted octanol–water partition coefficient (Wildman–Crippen LogP) is 5.31. The predicted molar refractivity (Wildman–Crippen MR) is 129 cm³/mol. The molecule has 4 rings (SSSR count). The molecule has 1 aromatic heterocycles. The first-order valence-corrected chi connectivity index (χ1v) is 11.7. The number of carbonyl (C=O) groups is 1. The van der Waals surface area contributed by atoms with Gasteiger partial charge in [0, 0.05) is 30.6 Å². The molecule has 0 spiro atoms. The van der Waals surface area contributed by atoms with Gasteiger partial charge in [-0.3, -0.25) is 9.78 Å². The zero-order valence-corrected chi connectivity index (χ0v) is 19.5. The second-order valence-corrected chi connectivity index (χ2v) is 8.62. The van der Waals surface area contributed by atoms with Gasteiger partial charge in [0.1, 0.15) is 12.1 Å². The minimum absolute atomic E-state index is 0.0239. The highest BCUT2D eigenvalue weighted by atomic mass is 35.5. The van der Waals surface area contributed by atoms with Gasteiger partial charge in [-0.2, -0.15) is 0 Å². The van der Waals surface area contributed by atoms with Crippen molar-refractivity contribution in [2.45, 2.75) is 50.8 Å². The van der Waals surface area contributed by atoms with Crippen LogP contribution >= 0.6 is 11.6 Å². The van der Waals surface area contributed by atoms with Crippen LogP contribution in [0.4, 0.5) is 0 Å². The quantitative estimate of drug-likeness (QED) is 0.406. The fourth-order valence-electron chi connectivity index (χ4n) is 4.07. The Morgan fingerprint density at radius 3 is 2.70 bits per heavy atom. The van der Waals surface area contributed by atoms with Crippen LogP contribution in [0.25, 0.3) is 10.9 Å². The van der Waals surface area contributed by atoms with Crippen LogP contribution in [0.2, 0.25) is 5.02 Å². The molecule has 0 amide bonds. The summed E-state index contributed by atoms with van der Waals surface area (Å²) in [5, 5.41) is 4.74. The van der Waals surface area contributed by atoms with E-state index in [2.05, 4.69) is 10.3 Å². The molecule has 0 bridgehead atoms. The highest BCUT2D eigenvalue weighted by Crippen LogP contribution is 2.34. The summed E-state index contributed by atoms with van der Waals surface area (Å²) < 4.78 is 17.3. The fraction of sp³-hybridized carbons (Fsp3) is 0.385. The van der Waals surface area contributed by atoms with E-state index in [4.69, 9.17) is 25.8 Å². The highest BCUT2D eigenvalue weighted by Gasteiger charge is 2.25. The van der Waals surface area contributed by atoms with Crippen molar-refractivity contribution in [3.63, 3.8) is 0 Å². The number of halogens is 1. The number of hydrogen-bond acceptors (Lipinski definition) is 6. The maximum Gasteiger partial charge on any atom is 0.323 e. The molecule has 1 aliphatic rings. The number of nitrogens with zero attached hydrogens (tertiary/aromatic N) is 1. The summed E-state index contributed by atoms with van der Waals surface area (Å²) >= 11 is 6.28. The van der Waals surface area contributed by atoms with Crippen LogP contribution in [-0.4, -0.2) is 36.8 Å². The summed E-state index contributed by atoms with van der Waals surface area (Å²) in [5.41, 5.74) is 1.83. The van der Waals surface area contributed by atoms with E-state index in [9.17, 15) is 4.79 Å². The normalized spacial score (nSPS) is 14.8. The number of esters is 1. The fourth-order valence-corrected chi connectivity index (χ4v) is 4.28. The van der Waals surface area contributed by atoms with Crippen LogP contribution in [0, 0.1) is 0 Å². The molecule has 2 aromatic carbocycles. The van der Waals surface area contributed by atoms with Gasteiger partial charge in [-0.25, -0.2) is 0 Å². The Morgan fingerprint density at radius 1 is 1.15 bits per heavy atom. The van der Waals surface area contributed by atoms with E-state index in [0.29, 0.717) is 36.1 Å². The summed E-state index contributed by atoms with van der Waals surface area (Å²) in [7, 11) is 1.58. The number of fused-ring (bicyclic) bond motifs is 1. The van der Waals surface area contributed by atoms with E-state index in [0.717, 1.165) is 42.1 Å². The standard InChI is InChI=1S/C26H29ClN2O4/c1-31-24-15-20-21(27)11-13-28-23(20)16-25(24)32-14-12-22(26(30)33-19-9-5-6-10-19)29-17-18-7-3-2-4-8-18/h2-4,7-8,11,13,15-16,19,22,29H,5-6,9-10,12,14,17H2,1H3/t22-/m1/s1. The van der Waals surface area contributed by atoms with Crippen molar-refractivity contribution in [2.24, 2.45) is 0 Å². The van der Waals surface area contributed by atoms with Crippen LogP contribution in [0.5, 0.6) is 11.5 Å². The SMILES string of the molecule is COc1cc2c(Cl)ccnc2cc1OCC[C@@H](NCc1ccccc1)C(=O)OC1CCCC1. The Hall–Kier alpha value is -2.83. The Kier molecular flexibility index (Phi) is 8.02. The van der Waals surface area contributed by atoms with Crippen LogP contribution in [0.1, 0.15) is 37.7 Å². The van der Waals surface area contributed by atoms with Crippen molar-refractivity contribution in [3.8, 4) is 11.5 Å². The van der Waals surface area contributed by atoms with Crippen molar-refractivity contribution in [1.82, 2.24) is 10.3 Å². The number of methoxy groups -OCH3 is 1. The van der Waals surface area contributed by atoms with E-state index in [1.807, 2.05) is 42.5 Å². The molecule has 0 radical (unpaired) electrons. The summed E-state index contributed by atoms with van der Waals surface area (Å²) in [4.78, 5) is 17.3. The molecule has 1 aliphatic carbocycles. The number of hydrogen-bond donors (Lipinski definition) is 1. The second kappa shape index (κ2) is 11.3. The summed E-state index contributed by atoms with van der Waals surface area (Å²) in [6.07, 6.45) is 6.25. The molecule has 1 fully saturated rings. The maximum absolute atomic E-state index is 12.9. The van der Waals surface area contributed by atoms with Crippen molar-refractivity contribution >= 4 is 28.5 Å². The van der Waals surface area contributed by atoms with E-state index >= 15 is 0 Å². The molecule has 33 heavy (non-hydrogen) atoms. The average molecular weight is 469 g/mol.